The highest BCUT2D eigenvalue weighted by atomic mass is 35.5. The van der Waals surface area contributed by atoms with Crippen molar-refractivity contribution < 1.29 is 9.13 Å². The molecule has 21 heavy (non-hydrogen) atoms. The lowest BCUT2D eigenvalue weighted by Gasteiger charge is -2.16. The van der Waals surface area contributed by atoms with Crippen LogP contribution >= 0.6 is 11.6 Å². The van der Waals surface area contributed by atoms with Gasteiger partial charge in [0.25, 0.3) is 0 Å². The lowest BCUT2D eigenvalue weighted by Crippen LogP contribution is -2.19. The maximum Gasteiger partial charge on any atom is 0.142 e. The summed E-state index contributed by atoms with van der Waals surface area (Å²) < 4.78 is 18.8. The Morgan fingerprint density at radius 3 is 2.33 bits per heavy atom. The van der Waals surface area contributed by atoms with E-state index in [1.807, 2.05) is 24.3 Å². The van der Waals surface area contributed by atoms with Crippen molar-refractivity contribution in [2.75, 3.05) is 6.54 Å². The molecule has 0 aromatic heterocycles. The minimum atomic E-state index is -0.448. The minimum absolute atomic E-state index is 0.0577. The van der Waals surface area contributed by atoms with Gasteiger partial charge in [0.15, 0.2) is 0 Å². The third kappa shape index (κ3) is 4.19. The first-order valence-electron chi connectivity index (χ1n) is 7.10. The Balaban J connectivity index is 2.09. The third-order valence-electron chi connectivity index (χ3n) is 3.27. The average molecular weight is 308 g/mol. The normalized spacial score (nSPS) is 12.2. The van der Waals surface area contributed by atoms with E-state index in [1.165, 1.54) is 17.7 Å². The predicted molar refractivity (Wildman–Crippen MR) is 84.6 cm³/mol. The first-order valence-corrected chi connectivity index (χ1v) is 7.48. The molecule has 0 aliphatic heterocycles. The van der Waals surface area contributed by atoms with Crippen molar-refractivity contribution in [1.82, 2.24) is 5.32 Å². The summed E-state index contributed by atoms with van der Waals surface area (Å²) in [5.74, 6) is 0.774. The van der Waals surface area contributed by atoms with Gasteiger partial charge in [0.1, 0.15) is 17.3 Å². The number of hydrogen-bond acceptors (Lipinski definition) is 2. The van der Waals surface area contributed by atoms with E-state index in [-0.39, 0.29) is 5.02 Å². The van der Waals surface area contributed by atoms with Gasteiger partial charge in [-0.15, -0.1) is 0 Å². The zero-order chi connectivity index (χ0) is 15.2. The van der Waals surface area contributed by atoms with Crippen molar-refractivity contribution in [3.63, 3.8) is 0 Å². The zero-order valence-corrected chi connectivity index (χ0v) is 13.0. The van der Waals surface area contributed by atoms with Crippen LogP contribution in [0.1, 0.15) is 31.9 Å². The van der Waals surface area contributed by atoms with Crippen LogP contribution < -0.4 is 10.1 Å². The summed E-state index contributed by atoms with van der Waals surface area (Å²) in [5.41, 5.74) is 1.23. The quantitative estimate of drug-likeness (QED) is 0.778. The highest BCUT2D eigenvalue weighted by Gasteiger charge is 2.08. The number of hydrogen-bond donors (Lipinski definition) is 1. The Bertz CT molecular complexity index is 586. The van der Waals surface area contributed by atoms with E-state index in [0.717, 1.165) is 13.0 Å². The van der Waals surface area contributed by atoms with E-state index in [2.05, 4.69) is 19.2 Å². The fraction of sp³-hybridized carbons (Fsp3) is 0.294. The molecule has 0 aliphatic carbocycles. The largest absolute Gasteiger partial charge is 0.457 e. The molecule has 1 unspecified atom stereocenters. The minimum Gasteiger partial charge on any atom is -0.457 e. The maximum atomic E-state index is 13.1. The van der Waals surface area contributed by atoms with Gasteiger partial charge in [-0.3, -0.25) is 0 Å². The second kappa shape index (κ2) is 7.43. The predicted octanol–water partition coefficient (Wildman–Crippen LogP) is 5.33. The monoisotopic (exact) mass is 307 g/mol. The van der Waals surface area contributed by atoms with Gasteiger partial charge in [-0.1, -0.05) is 37.6 Å². The molecule has 0 heterocycles. The molecule has 2 aromatic rings. The number of benzene rings is 2. The molecular formula is C17H19ClFNO. The van der Waals surface area contributed by atoms with Crippen molar-refractivity contribution in [2.45, 2.75) is 26.3 Å². The summed E-state index contributed by atoms with van der Waals surface area (Å²) >= 11 is 5.74. The van der Waals surface area contributed by atoms with Gasteiger partial charge in [-0.05, 0) is 42.8 Å². The van der Waals surface area contributed by atoms with Crippen molar-refractivity contribution in [2.24, 2.45) is 0 Å². The van der Waals surface area contributed by atoms with Gasteiger partial charge in [-0.25, -0.2) is 4.39 Å². The number of ether oxygens (including phenoxy) is 1. The van der Waals surface area contributed by atoms with Crippen LogP contribution in [0, 0.1) is 5.82 Å². The average Bonchev–Trinajstić information content (AvgIpc) is 2.49. The molecule has 0 saturated carbocycles. The van der Waals surface area contributed by atoms with E-state index in [0.29, 0.717) is 17.5 Å². The molecule has 2 nitrogen and oxygen atoms in total. The van der Waals surface area contributed by atoms with E-state index < -0.39 is 5.82 Å². The molecule has 1 atom stereocenters. The molecule has 0 spiro atoms. The van der Waals surface area contributed by atoms with E-state index in [4.69, 9.17) is 16.3 Å². The molecule has 0 bridgehead atoms. The fourth-order valence-corrected chi connectivity index (χ4v) is 2.36. The zero-order valence-electron chi connectivity index (χ0n) is 12.2. The standard InChI is InChI=1S/C17H19ClFNO/c1-3-17(20-4-2)12-5-7-13(8-6-12)21-14-9-10-16(19)15(18)11-14/h5-11,17,20H,3-4H2,1-2H3. The summed E-state index contributed by atoms with van der Waals surface area (Å²) in [7, 11) is 0. The highest BCUT2D eigenvalue weighted by molar-refractivity contribution is 6.30. The van der Waals surface area contributed by atoms with Gasteiger partial charge < -0.3 is 10.1 Å². The molecule has 0 saturated heterocycles. The molecule has 2 rings (SSSR count). The molecule has 112 valence electrons. The highest BCUT2D eigenvalue weighted by Crippen LogP contribution is 2.27. The van der Waals surface area contributed by atoms with E-state index in [1.54, 1.807) is 6.07 Å². The molecule has 0 fully saturated rings. The lowest BCUT2D eigenvalue weighted by molar-refractivity contribution is 0.479. The smallest absolute Gasteiger partial charge is 0.142 e. The van der Waals surface area contributed by atoms with E-state index in [9.17, 15) is 4.39 Å². The van der Waals surface area contributed by atoms with Gasteiger partial charge in [0.05, 0.1) is 5.02 Å². The van der Waals surface area contributed by atoms with Gasteiger partial charge in [-0.2, -0.15) is 0 Å². The van der Waals surface area contributed by atoms with Crippen LogP contribution in [0.4, 0.5) is 4.39 Å². The van der Waals surface area contributed by atoms with Crippen molar-refractivity contribution >= 4 is 11.6 Å². The topological polar surface area (TPSA) is 21.3 Å². The summed E-state index contributed by atoms with van der Waals surface area (Å²) in [6, 6.07) is 12.6. The van der Waals surface area contributed by atoms with Crippen LogP contribution in [0.25, 0.3) is 0 Å². The Morgan fingerprint density at radius 1 is 1.10 bits per heavy atom. The van der Waals surface area contributed by atoms with Gasteiger partial charge >= 0.3 is 0 Å². The first kappa shape index (κ1) is 15.8. The number of halogens is 2. The summed E-state index contributed by atoms with van der Waals surface area (Å²) in [6.07, 6.45) is 1.03. The molecule has 0 amide bonds. The van der Waals surface area contributed by atoms with Gasteiger partial charge in [0, 0.05) is 12.1 Å². The van der Waals surface area contributed by atoms with Crippen LogP contribution in [0.15, 0.2) is 42.5 Å². The Hall–Kier alpha value is -1.58. The van der Waals surface area contributed by atoms with Crippen LogP contribution in [-0.4, -0.2) is 6.54 Å². The SMILES string of the molecule is CCNC(CC)c1ccc(Oc2ccc(F)c(Cl)c2)cc1. The van der Waals surface area contributed by atoms with Crippen molar-refractivity contribution in [3.8, 4) is 11.5 Å². The van der Waals surface area contributed by atoms with Crippen LogP contribution in [0.2, 0.25) is 5.02 Å². The Labute approximate surface area is 129 Å². The van der Waals surface area contributed by atoms with Crippen LogP contribution in [0.3, 0.4) is 0 Å². The van der Waals surface area contributed by atoms with Crippen LogP contribution in [-0.2, 0) is 0 Å². The Morgan fingerprint density at radius 2 is 1.76 bits per heavy atom. The van der Waals surface area contributed by atoms with Crippen LogP contribution in [0.5, 0.6) is 11.5 Å². The second-order valence-corrected chi connectivity index (χ2v) is 5.17. The molecule has 0 aliphatic rings. The molecular weight excluding hydrogens is 289 g/mol. The fourth-order valence-electron chi connectivity index (χ4n) is 2.19. The van der Waals surface area contributed by atoms with Crippen molar-refractivity contribution in [1.29, 1.82) is 0 Å². The molecule has 2 aromatic carbocycles. The number of rotatable bonds is 6. The summed E-state index contributed by atoms with van der Waals surface area (Å²) in [5, 5.41) is 3.49. The number of nitrogens with one attached hydrogen (secondary N) is 1. The van der Waals surface area contributed by atoms with E-state index >= 15 is 0 Å². The second-order valence-electron chi connectivity index (χ2n) is 4.77. The summed E-state index contributed by atoms with van der Waals surface area (Å²) in [6.45, 7) is 5.18. The van der Waals surface area contributed by atoms with Gasteiger partial charge in [0.2, 0.25) is 0 Å². The summed E-state index contributed by atoms with van der Waals surface area (Å²) in [4.78, 5) is 0. The Kier molecular flexibility index (Phi) is 5.59. The molecule has 1 N–H and O–H groups in total. The maximum absolute atomic E-state index is 13.1. The molecule has 4 heteroatoms. The van der Waals surface area contributed by atoms with Crippen molar-refractivity contribution in [3.05, 3.63) is 58.9 Å². The first-order chi connectivity index (χ1) is 10.1. The third-order valence-corrected chi connectivity index (χ3v) is 3.56. The molecule has 0 radical (unpaired) electrons. The lowest BCUT2D eigenvalue weighted by atomic mass is 10.0.